The molecule has 0 aliphatic heterocycles. The molecule has 7 aromatic carbocycles. The van der Waals surface area contributed by atoms with E-state index in [9.17, 15) is 6.85 Å². The first-order chi connectivity index (χ1) is 31.4. The Morgan fingerprint density at radius 1 is 0.480 bits per heavy atom. The lowest BCUT2D eigenvalue weighted by Crippen LogP contribution is -2.02. The first-order valence-corrected chi connectivity index (χ1v) is 15.4. The fraction of sp³-hybridized carbons (Fsp3) is 0. The van der Waals surface area contributed by atoms with E-state index >= 15 is 0 Å². The minimum Gasteiger partial charge on any atom is -0.456 e. The Hall–Kier alpha value is -6.85. The van der Waals surface area contributed by atoms with Gasteiger partial charge >= 0.3 is 0 Å². The van der Waals surface area contributed by atoms with Gasteiger partial charge in [0.25, 0.3) is 0 Å². The fourth-order valence-corrected chi connectivity index (χ4v) is 6.10. The van der Waals surface area contributed by atoms with Crippen LogP contribution in [0.25, 0.3) is 94.7 Å². The highest BCUT2D eigenvalue weighted by atomic mass is 16.3. The smallest absolute Gasteiger partial charge is 0.166 e. The molecule has 0 saturated heterocycles. The molecule has 3 heterocycles. The first kappa shape index (κ1) is 16.5. The van der Waals surface area contributed by atoms with Gasteiger partial charge in [0, 0.05) is 43.9 Å². The quantitative estimate of drug-likeness (QED) is 0.185. The molecule has 50 heavy (non-hydrogen) atoms. The molecule has 0 unspecified atom stereocenters. The van der Waals surface area contributed by atoms with Crippen molar-refractivity contribution in [2.45, 2.75) is 0 Å². The van der Waals surface area contributed by atoms with Crippen LogP contribution in [0.15, 0.2) is 174 Å². The maximum atomic E-state index is 9.67. The van der Waals surface area contributed by atoms with Crippen LogP contribution < -0.4 is 0 Å². The van der Waals surface area contributed by atoms with E-state index in [2.05, 4.69) is 0 Å². The lowest BCUT2D eigenvalue weighted by molar-refractivity contribution is 0.669. The molecule has 234 valence electrons. The van der Waals surface area contributed by atoms with Gasteiger partial charge in [0.2, 0.25) is 0 Å². The van der Waals surface area contributed by atoms with Crippen LogP contribution >= 0.6 is 0 Å². The van der Waals surface area contributed by atoms with Gasteiger partial charge in [-0.05, 0) is 53.5 Å². The van der Waals surface area contributed by atoms with E-state index in [0.29, 0.717) is 22.3 Å². The summed E-state index contributed by atoms with van der Waals surface area (Å²) in [6, 6.07) is 9.11. The molecular formula is C45H28N4O. The van der Waals surface area contributed by atoms with Crippen molar-refractivity contribution < 1.29 is 26.3 Å². The lowest BCUT2D eigenvalue weighted by atomic mass is 10.0. The molecule has 0 amide bonds. The van der Waals surface area contributed by atoms with E-state index in [1.165, 1.54) is 0 Å². The standard InChI is InChI=1S/C45H28N4O/c1-3-13-29(14-4-1)31-17-11-18-33(27-31)49-39-23-9-7-19-34(39)37-21-12-22-38(42(37)49)45-47-43(30-15-5-2-6-16-30)46-44(48-45)32-25-26-36-35-20-8-10-24-40(35)50-41(36)28-32/h1-28H/i1D,3D,4D,7D,9D,11D,12D,13D,14D,17D,18D,19D,21D,22D,23D,27D. The van der Waals surface area contributed by atoms with Crippen LogP contribution in [0.4, 0.5) is 0 Å². The van der Waals surface area contributed by atoms with Crippen molar-refractivity contribution >= 4 is 43.7 Å². The average molecular weight is 657 g/mol. The predicted molar refractivity (Wildman–Crippen MR) is 203 cm³/mol. The van der Waals surface area contributed by atoms with Gasteiger partial charge in [-0.2, -0.15) is 0 Å². The number of benzene rings is 7. The Bertz CT molecular complexity index is 3770. The van der Waals surface area contributed by atoms with Gasteiger partial charge in [-0.25, -0.2) is 15.0 Å². The van der Waals surface area contributed by atoms with E-state index in [0.717, 1.165) is 15.3 Å². The second-order valence-corrected chi connectivity index (χ2v) is 11.2. The number of para-hydroxylation sites is 3. The Morgan fingerprint density at radius 3 is 2.08 bits per heavy atom. The van der Waals surface area contributed by atoms with Crippen molar-refractivity contribution in [2.75, 3.05) is 0 Å². The summed E-state index contributed by atoms with van der Waals surface area (Å²) in [6.45, 7) is 0. The minimum absolute atomic E-state index is 0.0555. The number of hydrogen-bond acceptors (Lipinski definition) is 4. The maximum Gasteiger partial charge on any atom is 0.166 e. The topological polar surface area (TPSA) is 56.7 Å². The Morgan fingerprint density at radius 2 is 1.18 bits per heavy atom. The molecule has 5 heteroatoms. The summed E-state index contributed by atoms with van der Waals surface area (Å²) in [4.78, 5) is 14.4. The number of aromatic nitrogens is 4. The largest absolute Gasteiger partial charge is 0.456 e. The van der Waals surface area contributed by atoms with Crippen molar-refractivity contribution in [2.24, 2.45) is 0 Å². The van der Waals surface area contributed by atoms with Crippen molar-refractivity contribution in [3.05, 3.63) is 169 Å². The molecule has 0 radical (unpaired) electrons. The van der Waals surface area contributed by atoms with Gasteiger partial charge in [-0.15, -0.1) is 0 Å². The normalized spacial score (nSPS) is 16.1. The van der Waals surface area contributed by atoms with Gasteiger partial charge < -0.3 is 8.98 Å². The first-order valence-electron chi connectivity index (χ1n) is 23.4. The fourth-order valence-electron chi connectivity index (χ4n) is 6.10. The molecular weight excluding hydrogens is 613 g/mol. The van der Waals surface area contributed by atoms with Crippen LogP contribution in [0.1, 0.15) is 21.9 Å². The minimum atomic E-state index is -0.885. The zero-order valence-electron chi connectivity index (χ0n) is 41.6. The van der Waals surface area contributed by atoms with Crippen LogP contribution in [0, 0.1) is 0 Å². The van der Waals surface area contributed by atoms with E-state index < -0.39 is 119 Å². The van der Waals surface area contributed by atoms with Crippen LogP contribution in [-0.2, 0) is 0 Å². The van der Waals surface area contributed by atoms with E-state index in [1.807, 2.05) is 30.3 Å². The molecule has 5 nitrogen and oxygen atoms in total. The Kier molecular flexibility index (Phi) is 3.76. The molecule has 10 aromatic rings. The molecule has 0 aliphatic rings. The highest BCUT2D eigenvalue weighted by molar-refractivity contribution is 6.13. The van der Waals surface area contributed by atoms with Gasteiger partial charge in [-0.1, -0.05) is 127 Å². The molecule has 0 bridgehead atoms. The summed E-state index contributed by atoms with van der Waals surface area (Å²) in [7, 11) is 0. The van der Waals surface area contributed by atoms with E-state index in [4.69, 9.17) is 34.4 Å². The summed E-state index contributed by atoms with van der Waals surface area (Å²) in [6.07, 6.45) is 0. The second kappa shape index (κ2) is 11.4. The Labute approximate surface area is 310 Å². The highest BCUT2D eigenvalue weighted by Gasteiger charge is 2.20. The summed E-state index contributed by atoms with van der Waals surface area (Å²) >= 11 is 0. The summed E-state index contributed by atoms with van der Waals surface area (Å²) in [5.74, 6) is -0.155. The van der Waals surface area contributed by atoms with Gasteiger partial charge in [0.05, 0.1) is 33.0 Å². The van der Waals surface area contributed by atoms with Gasteiger partial charge in [0.1, 0.15) is 11.2 Å². The van der Waals surface area contributed by atoms with E-state index in [-0.39, 0.29) is 39.3 Å². The molecule has 3 aromatic heterocycles. The van der Waals surface area contributed by atoms with Crippen molar-refractivity contribution in [1.29, 1.82) is 0 Å². The van der Waals surface area contributed by atoms with Gasteiger partial charge in [0.15, 0.2) is 17.5 Å². The van der Waals surface area contributed by atoms with Crippen LogP contribution in [0.5, 0.6) is 0 Å². The summed E-state index contributed by atoms with van der Waals surface area (Å²) in [5, 5.41) is 0.996. The van der Waals surface area contributed by atoms with E-state index in [1.54, 1.807) is 42.5 Å². The van der Waals surface area contributed by atoms with Gasteiger partial charge in [-0.3, -0.25) is 0 Å². The maximum absolute atomic E-state index is 9.67. The molecule has 0 N–H and O–H groups in total. The molecule has 0 spiro atoms. The summed E-state index contributed by atoms with van der Waals surface area (Å²) < 4.78 is 150. The second-order valence-electron chi connectivity index (χ2n) is 11.2. The number of nitrogens with zero attached hydrogens (tertiary/aromatic N) is 4. The van der Waals surface area contributed by atoms with Crippen LogP contribution in [-0.4, -0.2) is 19.5 Å². The number of fused-ring (bicyclic) bond motifs is 6. The Balaban J connectivity index is 1.40. The monoisotopic (exact) mass is 656 g/mol. The van der Waals surface area contributed by atoms with Crippen molar-refractivity contribution in [1.82, 2.24) is 19.5 Å². The molecule has 0 saturated carbocycles. The zero-order chi connectivity index (χ0) is 46.9. The molecule has 0 fully saturated rings. The zero-order valence-corrected chi connectivity index (χ0v) is 25.6. The molecule has 10 rings (SSSR count). The number of hydrogen-bond donors (Lipinski definition) is 0. The van der Waals surface area contributed by atoms with Crippen molar-refractivity contribution in [3.8, 4) is 51.0 Å². The van der Waals surface area contributed by atoms with Crippen LogP contribution in [0.2, 0.25) is 0 Å². The number of rotatable bonds is 5. The van der Waals surface area contributed by atoms with Crippen molar-refractivity contribution in [3.63, 3.8) is 0 Å². The third kappa shape index (κ3) is 4.60. The third-order valence-corrected chi connectivity index (χ3v) is 8.33. The predicted octanol–water partition coefficient (Wildman–Crippen LogP) is 11.5. The molecule has 0 atom stereocenters. The molecule has 0 aliphatic carbocycles. The third-order valence-electron chi connectivity index (χ3n) is 8.33. The summed E-state index contributed by atoms with van der Waals surface area (Å²) in [5.41, 5.74) is -1.03. The highest BCUT2D eigenvalue weighted by Crippen LogP contribution is 2.39. The average Bonchev–Trinajstić information content (AvgIpc) is 3.87. The lowest BCUT2D eigenvalue weighted by Gasteiger charge is -2.13. The SMILES string of the molecule is [2H]c1c([2H])c([2H])c(-c2c([2H])c([2H])c([2H])c(-n3c4c([2H])c([2H])c([2H])c([2H])c4c4c([2H])c([2H])c([2H])c(-c5nc(-c6ccccc6)nc(-c6ccc7c(c6)oc6ccccc67)n5)c43)c2[2H])c([2H])c1[2H]. The number of furan rings is 1. The van der Waals surface area contributed by atoms with Crippen LogP contribution in [0.3, 0.4) is 0 Å².